The number of anilines is 1. The van der Waals surface area contributed by atoms with Gasteiger partial charge in [-0.15, -0.1) is 0 Å². The van der Waals surface area contributed by atoms with Crippen molar-refractivity contribution >= 4 is 44.8 Å². The molecule has 1 fully saturated rings. The molecule has 0 radical (unpaired) electrons. The van der Waals surface area contributed by atoms with Crippen LogP contribution < -0.4 is 4.90 Å². The number of carbonyl (C=O) groups is 3. The van der Waals surface area contributed by atoms with Gasteiger partial charge in [-0.05, 0) is 48.4 Å². The maximum Gasteiger partial charge on any atom is 0.416 e. The largest absolute Gasteiger partial charge is 0.481 e. The third-order valence-electron chi connectivity index (χ3n) is 7.09. The Labute approximate surface area is 262 Å². The maximum absolute atomic E-state index is 13.1. The second-order valence-corrected chi connectivity index (χ2v) is 13.3. The summed E-state index contributed by atoms with van der Waals surface area (Å²) < 4.78 is 66.4. The van der Waals surface area contributed by atoms with Crippen molar-refractivity contribution in [2.45, 2.75) is 38.5 Å². The number of alkyl halides is 3. The Morgan fingerprint density at radius 1 is 0.935 bits per heavy atom. The summed E-state index contributed by atoms with van der Waals surface area (Å²) in [5, 5.41) is 34.4. The molecule has 1 aliphatic rings. The van der Waals surface area contributed by atoms with Gasteiger partial charge in [0.2, 0.25) is 10.0 Å². The minimum absolute atomic E-state index is 0.0349. The lowest BCUT2D eigenvalue weighted by Gasteiger charge is -2.33. The molecule has 2 aromatic heterocycles. The van der Waals surface area contributed by atoms with Gasteiger partial charge >= 0.3 is 24.1 Å². The fourth-order valence-corrected chi connectivity index (χ4v) is 6.44. The lowest BCUT2D eigenvalue weighted by Crippen LogP contribution is -2.44. The van der Waals surface area contributed by atoms with E-state index in [0.29, 0.717) is 28.0 Å². The van der Waals surface area contributed by atoms with Crippen molar-refractivity contribution in [3.05, 3.63) is 48.2 Å². The number of carboxylic acids is 3. The summed E-state index contributed by atoms with van der Waals surface area (Å²) in [5.74, 6) is -4.50. The van der Waals surface area contributed by atoms with E-state index >= 15 is 0 Å². The van der Waals surface area contributed by atoms with Crippen LogP contribution in [0.5, 0.6) is 0 Å². The van der Waals surface area contributed by atoms with Gasteiger partial charge in [-0.2, -0.15) is 13.2 Å². The Hall–Kier alpha value is -4.22. The zero-order chi connectivity index (χ0) is 34.6. The molecule has 1 saturated heterocycles. The van der Waals surface area contributed by atoms with Crippen LogP contribution in [0.4, 0.5) is 19.0 Å². The lowest BCUT2D eigenvalue weighted by molar-refractivity contribution is -0.170. The highest BCUT2D eigenvalue weighted by molar-refractivity contribution is 7.90. The molecule has 1 aliphatic heterocycles. The molecule has 4 rings (SSSR count). The second kappa shape index (κ2) is 14.0. The molecule has 0 amide bonds. The number of piperazine rings is 1. The Morgan fingerprint density at radius 3 is 1.93 bits per heavy atom. The van der Waals surface area contributed by atoms with Crippen LogP contribution in [0.1, 0.15) is 32.3 Å². The van der Waals surface area contributed by atoms with Gasteiger partial charge in [-0.1, -0.05) is 26.0 Å². The molecule has 17 heteroatoms. The number of likely N-dealkylation sites (N-methyl/N-ethyl adjacent to an activating group) is 1. The van der Waals surface area contributed by atoms with E-state index in [1.54, 1.807) is 6.07 Å². The topological polar surface area (TPSA) is 191 Å². The molecule has 0 aliphatic carbocycles. The van der Waals surface area contributed by atoms with Crippen LogP contribution in [0.25, 0.3) is 22.2 Å². The third kappa shape index (κ3) is 8.95. The van der Waals surface area contributed by atoms with Crippen molar-refractivity contribution < 1.29 is 56.4 Å². The maximum atomic E-state index is 13.1. The number of benzene rings is 1. The van der Waals surface area contributed by atoms with E-state index < -0.39 is 58.1 Å². The summed E-state index contributed by atoms with van der Waals surface area (Å²) >= 11 is 0. The van der Waals surface area contributed by atoms with Crippen LogP contribution >= 0.6 is 0 Å². The molecule has 3 aromatic rings. The predicted molar refractivity (Wildman–Crippen MR) is 161 cm³/mol. The quantitative estimate of drug-likeness (QED) is 0.247. The number of pyridine rings is 1. The standard InChI is InChI=1S/C23H27F3N4O2S.C6H8O7/c1-16(2)15-33(31,32)30-9-8-19-20(17-4-6-18(7-5-17)23(24,25)26)14-21(27-22(19)30)29-12-10-28(3)11-13-29;7-3(8)1-6(13,5(11)12)2-4(9)10/h4-9,14,16H,10-13,15H2,1-3H3;13H,1-2H2,(H,7,8)(H,9,10)(H,11,12). The summed E-state index contributed by atoms with van der Waals surface area (Å²) in [6.07, 6.45) is -5.23. The van der Waals surface area contributed by atoms with Gasteiger partial charge in [0, 0.05) is 37.8 Å². The molecule has 3 heterocycles. The van der Waals surface area contributed by atoms with Crippen LogP contribution in [0.3, 0.4) is 0 Å². The van der Waals surface area contributed by atoms with Crippen molar-refractivity contribution in [3.63, 3.8) is 0 Å². The fourth-order valence-electron chi connectivity index (χ4n) is 4.79. The molecule has 0 bridgehead atoms. The number of hydrogen-bond acceptors (Lipinski definition) is 9. The van der Waals surface area contributed by atoms with Crippen LogP contribution in [0.2, 0.25) is 0 Å². The molecule has 13 nitrogen and oxygen atoms in total. The van der Waals surface area contributed by atoms with Gasteiger partial charge in [0.05, 0.1) is 24.2 Å². The van der Waals surface area contributed by atoms with E-state index in [1.807, 2.05) is 27.0 Å². The molecule has 0 spiro atoms. The summed E-state index contributed by atoms with van der Waals surface area (Å²) in [6, 6.07) is 8.44. The third-order valence-corrected chi connectivity index (χ3v) is 9.07. The molecule has 46 heavy (non-hydrogen) atoms. The monoisotopic (exact) mass is 672 g/mol. The van der Waals surface area contributed by atoms with E-state index in [-0.39, 0.29) is 11.7 Å². The number of hydrogen-bond donors (Lipinski definition) is 4. The van der Waals surface area contributed by atoms with E-state index in [9.17, 15) is 36.0 Å². The molecule has 0 saturated carbocycles. The lowest BCUT2D eigenvalue weighted by atomic mass is 9.96. The van der Waals surface area contributed by atoms with Crippen LogP contribution in [-0.4, -0.2) is 105 Å². The van der Waals surface area contributed by atoms with Crippen molar-refractivity contribution in [1.82, 2.24) is 13.9 Å². The van der Waals surface area contributed by atoms with Crippen LogP contribution in [-0.2, 0) is 30.6 Å². The summed E-state index contributed by atoms with van der Waals surface area (Å²) in [5.41, 5.74) is -1.95. The predicted octanol–water partition coefficient (Wildman–Crippen LogP) is 3.06. The Kier molecular flexibility index (Phi) is 11.1. The van der Waals surface area contributed by atoms with Gasteiger partial charge in [0.1, 0.15) is 5.82 Å². The molecule has 0 unspecified atom stereocenters. The normalized spacial score (nSPS) is 14.7. The van der Waals surface area contributed by atoms with Crippen LogP contribution in [0, 0.1) is 5.92 Å². The van der Waals surface area contributed by atoms with Gasteiger partial charge in [-0.3, -0.25) is 9.59 Å². The van der Waals surface area contributed by atoms with E-state index in [1.165, 1.54) is 22.3 Å². The van der Waals surface area contributed by atoms with Gasteiger partial charge in [-0.25, -0.2) is 22.2 Å². The highest BCUT2D eigenvalue weighted by Crippen LogP contribution is 2.36. The smallest absolute Gasteiger partial charge is 0.416 e. The molecular weight excluding hydrogens is 637 g/mol. The first-order chi connectivity index (χ1) is 21.2. The SMILES string of the molecule is CC(C)CS(=O)(=O)n1ccc2c(-c3ccc(C(F)(F)F)cc3)cc(N3CCN(C)CC3)nc21.O=C(O)CC(O)(CC(=O)O)C(=O)O. The highest BCUT2D eigenvalue weighted by Gasteiger charge is 2.40. The Bertz CT molecular complexity index is 1670. The number of nitrogens with zero attached hydrogens (tertiary/aromatic N) is 4. The van der Waals surface area contributed by atoms with E-state index in [0.717, 1.165) is 38.3 Å². The van der Waals surface area contributed by atoms with Crippen molar-refractivity contribution in [2.24, 2.45) is 5.92 Å². The van der Waals surface area contributed by atoms with Gasteiger partial charge in [0.15, 0.2) is 11.2 Å². The molecule has 252 valence electrons. The van der Waals surface area contributed by atoms with Crippen LogP contribution in [0.15, 0.2) is 42.6 Å². The second-order valence-electron chi connectivity index (χ2n) is 11.4. The van der Waals surface area contributed by atoms with Crippen molar-refractivity contribution in [2.75, 3.05) is 43.9 Å². The Balaban J connectivity index is 0.000000376. The fraction of sp³-hybridized carbons (Fsp3) is 0.448. The van der Waals surface area contributed by atoms with Gasteiger partial charge < -0.3 is 30.2 Å². The number of aliphatic carboxylic acids is 3. The molecule has 0 atom stereocenters. The number of aliphatic hydroxyl groups is 1. The zero-order valence-electron chi connectivity index (χ0n) is 25.2. The van der Waals surface area contributed by atoms with Crippen molar-refractivity contribution in [3.8, 4) is 11.1 Å². The van der Waals surface area contributed by atoms with E-state index in [2.05, 4.69) is 9.80 Å². The van der Waals surface area contributed by atoms with Gasteiger partial charge in [0.25, 0.3) is 0 Å². The minimum atomic E-state index is -4.43. The summed E-state index contributed by atoms with van der Waals surface area (Å²) in [6.45, 7) is 6.78. The van der Waals surface area contributed by atoms with E-state index in [4.69, 9.17) is 25.4 Å². The first-order valence-electron chi connectivity index (χ1n) is 14.0. The molecule has 1 aromatic carbocycles. The first kappa shape index (κ1) is 36.3. The summed E-state index contributed by atoms with van der Waals surface area (Å²) in [7, 11) is -1.61. The Morgan fingerprint density at radius 2 is 1.48 bits per heavy atom. The average molecular weight is 673 g/mol. The molecular formula is C29H35F3N4O9S. The molecule has 4 N–H and O–H groups in total. The zero-order valence-corrected chi connectivity index (χ0v) is 26.0. The van der Waals surface area contributed by atoms with Crippen molar-refractivity contribution in [1.29, 1.82) is 0 Å². The number of carboxylic acid groups (broad SMARTS) is 3. The summed E-state index contributed by atoms with van der Waals surface area (Å²) in [4.78, 5) is 39.5. The highest BCUT2D eigenvalue weighted by atomic mass is 32.2. The average Bonchev–Trinajstić information content (AvgIpc) is 3.36. The minimum Gasteiger partial charge on any atom is -0.481 e. The first-order valence-corrected chi connectivity index (χ1v) is 15.6. The number of halogens is 3. The number of fused-ring (bicyclic) bond motifs is 1. The number of aromatic nitrogens is 2. The number of rotatable bonds is 10.